The number of rotatable bonds is 3. The summed E-state index contributed by atoms with van der Waals surface area (Å²) in [4.78, 5) is 16.9. The van der Waals surface area contributed by atoms with Crippen LogP contribution in [0.5, 0.6) is 0 Å². The van der Waals surface area contributed by atoms with Gasteiger partial charge in [0.2, 0.25) is 0 Å². The summed E-state index contributed by atoms with van der Waals surface area (Å²) in [6.45, 7) is 1.81. The molecule has 0 radical (unpaired) electrons. The minimum Gasteiger partial charge on any atom is -0.422 e. The SMILES string of the molecule is CC(=Nc1ccc(-c2ccc(N)cc2)cc1)c1cc2ccccc2oc1=O. The van der Waals surface area contributed by atoms with E-state index in [-0.39, 0.29) is 5.63 Å². The first-order chi connectivity index (χ1) is 13.1. The van der Waals surface area contributed by atoms with Crippen LogP contribution >= 0.6 is 0 Å². The van der Waals surface area contributed by atoms with E-state index in [0.717, 1.165) is 27.9 Å². The third kappa shape index (κ3) is 3.51. The van der Waals surface area contributed by atoms with Crippen LogP contribution in [0, 0.1) is 0 Å². The van der Waals surface area contributed by atoms with E-state index in [1.807, 2.05) is 79.7 Å². The van der Waals surface area contributed by atoms with Crippen molar-refractivity contribution >= 4 is 28.1 Å². The van der Waals surface area contributed by atoms with Gasteiger partial charge in [-0.25, -0.2) is 4.79 Å². The Kier molecular flexibility index (Phi) is 4.30. The number of benzene rings is 3. The lowest BCUT2D eigenvalue weighted by Gasteiger charge is -2.05. The number of aliphatic imine (C=N–C) groups is 1. The molecule has 0 aliphatic carbocycles. The number of nitrogens with two attached hydrogens (primary N) is 1. The molecular formula is C23H18N2O2. The van der Waals surface area contributed by atoms with Crippen molar-refractivity contribution in [2.45, 2.75) is 6.92 Å². The van der Waals surface area contributed by atoms with E-state index in [2.05, 4.69) is 4.99 Å². The van der Waals surface area contributed by atoms with Gasteiger partial charge >= 0.3 is 5.63 Å². The van der Waals surface area contributed by atoms with Gasteiger partial charge in [0, 0.05) is 11.1 Å². The highest BCUT2D eigenvalue weighted by Gasteiger charge is 2.08. The average molecular weight is 354 g/mol. The highest BCUT2D eigenvalue weighted by molar-refractivity contribution is 6.01. The molecule has 0 saturated carbocycles. The number of hydrogen-bond donors (Lipinski definition) is 1. The first-order valence-corrected chi connectivity index (χ1v) is 8.65. The summed E-state index contributed by atoms with van der Waals surface area (Å²) in [7, 11) is 0. The van der Waals surface area contributed by atoms with Crippen molar-refractivity contribution < 1.29 is 4.42 Å². The van der Waals surface area contributed by atoms with E-state index in [1.165, 1.54) is 0 Å². The molecule has 3 aromatic carbocycles. The van der Waals surface area contributed by atoms with Crippen LogP contribution in [-0.2, 0) is 0 Å². The van der Waals surface area contributed by atoms with Gasteiger partial charge < -0.3 is 10.2 Å². The fourth-order valence-electron chi connectivity index (χ4n) is 2.97. The Balaban J connectivity index is 1.66. The Morgan fingerprint density at radius 1 is 0.889 bits per heavy atom. The van der Waals surface area contributed by atoms with Crippen LogP contribution in [0.4, 0.5) is 11.4 Å². The van der Waals surface area contributed by atoms with Gasteiger partial charge in [0.25, 0.3) is 0 Å². The normalized spacial score (nSPS) is 11.7. The van der Waals surface area contributed by atoms with E-state index < -0.39 is 0 Å². The molecule has 2 N–H and O–H groups in total. The fourth-order valence-corrected chi connectivity index (χ4v) is 2.97. The summed E-state index contributed by atoms with van der Waals surface area (Å²) in [5.41, 5.74) is 10.7. The first-order valence-electron chi connectivity index (χ1n) is 8.65. The average Bonchev–Trinajstić information content (AvgIpc) is 2.68. The molecule has 0 saturated heterocycles. The molecule has 0 atom stereocenters. The summed E-state index contributed by atoms with van der Waals surface area (Å²) < 4.78 is 5.39. The van der Waals surface area contributed by atoms with Gasteiger partial charge in [-0.1, -0.05) is 42.5 Å². The molecular weight excluding hydrogens is 336 g/mol. The number of fused-ring (bicyclic) bond motifs is 1. The molecule has 0 fully saturated rings. The zero-order valence-corrected chi connectivity index (χ0v) is 14.8. The van der Waals surface area contributed by atoms with E-state index in [0.29, 0.717) is 16.9 Å². The first kappa shape index (κ1) is 16.8. The van der Waals surface area contributed by atoms with E-state index >= 15 is 0 Å². The summed E-state index contributed by atoms with van der Waals surface area (Å²) in [5, 5.41) is 0.875. The molecule has 4 heteroatoms. The zero-order valence-electron chi connectivity index (χ0n) is 14.8. The largest absolute Gasteiger partial charge is 0.422 e. The molecule has 4 nitrogen and oxygen atoms in total. The van der Waals surface area contributed by atoms with Gasteiger partial charge in [-0.15, -0.1) is 0 Å². The molecule has 4 rings (SSSR count). The van der Waals surface area contributed by atoms with Crippen LogP contribution in [0.3, 0.4) is 0 Å². The Morgan fingerprint density at radius 3 is 2.22 bits per heavy atom. The van der Waals surface area contributed by atoms with Crippen LogP contribution in [-0.4, -0.2) is 5.71 Å². The number of nitrogens with zero attached hydrogens (tertiary/aromatic N) is 1. The molecule has 0 aliphatic rings. The standard InChI is InChI=1S/C23H18N2O2/c1-15(21-14-18-4-2-3-5-22(18)27-23(21)26)25-20-12-8-17(9-13-20)16-6-10-19(24)11-7-16/h2-14H,24H2,1H3. The highest BCUT2D eigenvalue weighted by Crippen LogP contribution is 2.24. The lowest BCUT2D eigenvalue weighted by Crippen LogP contribution is -2.11. The molecule has 27 heavy (non-hydrogen) atoms. The second-order valence-electron chi connectivity index (χ2n) is 6.35. The van der Waals surface area contributed by atoms with Crippen molar-refractivity contribution in [2.24, 2.45) is 4.99 Å². The monoisotopic (exact) mass is 354 g/mol. The molecule has 132 valence electrons. The summed E-state index contributed by atoms with van der Waals surface area (Å²) in [6, 6.07) is 24.9. The molecule has 0 amide bonds. The predicted octanol–water partition coefficient (Wildman–Crippen LogP) is 5.18. The predicted molar refractivity (Wildman–Crippen MR) is 111 cm³/mol. The van der Waals surface area contributed by atoms with Crippen molar-refractivity contribution in [2.75, 3.05) is 5.73 Å². The molecule has 1 aromatic heterocycles. The van der Waals surface area contributed by atoms with E-state index in [4.69, 9.17) is 10.2 Å². The minimum atomic E-state index is -0.381. The van der Waals surface area contributed by atoms with Gasteiger partial charge in [-0.3, -0.25) is 4.99 Å². The lowest BCUT2D eigenvalue weighted by molar-refractivity contribution is 0.559. The van der Waals surface area contributed by atoms with Crippen LogP contribution in [0.1, 0.15) is 12.5 Å². The van der Waals surface area contributed by atoms with Crippen molar-refractivity contribution in [1.29, 1.82) is 0 Å². The van der Waals surface area contributed by atoms with E-state index in [9.17, 15) is 4.79 Å². The van der Waals surface area contributed by atoms with Gasteiger partial charge in [0.1, 0.15) is 5.58 Å². The lowest BCUT2D eigenvalue weighted by atomic mass is 10.1. The fraction of sp³-hybridized carbons (Fsp3) is 0.0435. The van der Waals surface area contributed by atoms with Gasteiger partial charge in [0.05, 0.1) is 17.0 Å². The second-order valence-corrected chi connectivity index (χ2v) is 6.35. The maximum atomic E-state index is 12.3. The smallest absolute Gasteiger partial charge is 0.345 e. The summed E-state index contributed by atoms with van der Waals surface area (Å²) in [5.74, 6) is 0. The Morgan fingerprint density at radius 2 is 1.52 bits per heavy atom. The van der Waals surface area contributed by atoms with Gasteiger partial charge in [-0.2, -0.15) is 0 Å². The molecule has 0 aliphatic heterocycles. The molecule has 1 heterocycles. The third-order valence-corrected chi connectivity index (χ3v) is 4.44. The van der Waals surface area contributed by atoms with Crippen molar-refractivity contribution in [3.05, 3.63) is 94.8 Å². The topological polar surface area (TPSA) is 68.6 Å². The summed E-state index contributed by atoms with van der Waals surface area (Å²) in [6.07, 6.45) is 0. The number of hydrogen-bond acceptors (Lipinski definition) is 4. The Hall–Kier alpha value is -3.66. The summed E-state index contributed by atoms with van der Waals surface area (Å²) >= 11 is 0. The Labute approximate surface area is 156 Å². The molecule has 0 spiro atoms. The number of nitrogen functional groups attached to an aromatic ring is 1. The third-order valence-electron chi connectivity index (χ3n) is 4.44. The van der Waals surface area contributed by atoms with Crippen LogP contribution in [0.25, 0.3) is 22.1 Å². The quantitative estimate of drug-likeness (QED) is 0.313. The Bertz CT molecular complexity index is 1190. The highest BCUT2D eigenvalue weighted by atomic mass is 16.4. The maximum Gasteiger partial charge on any atom is 0.345 e. The second kappa shape index (κ2) is 6.92. The van der Waals surface area contributed by atoms with Crippen molar-refractivity contribution in [3.63, 3.8) is 0 Å². The minimum absolute atomic E-state index is 0.381. The van der Waals surface area contributed by atoms with Gasteiger partial charge in [-0.05, 0) is 54.4 Å². The maximum absolute atomic E-state index is 12.3. The molecule has 0 unspecified atom stereocenters. The zero-order chi connectivity index (χ0) is 18.8. The number of para-hydroxylation sites is 1. The van der Waals surface area contributed by atoms with E-state index in [1.54, 1.807) is 6.07 Å². The number of anilines is 1. The van der Waals surface area contributed by atoms with Gasteiger partial charge in [0.15, 0.2) is 0 Å². The molecule has 0 bridgehead atoms. The van der Waals surface area contributed by atoms with Crippen LogP contribution in [0.2, 0.25) is 0 Å². The van der Waals surface area contributed by atoms with Crippen molar-refractivity contribution in [3.8, 4) is 11.1 Å². The van der Waals surface area contributed by atoms with Crippen LogP contribution < -0.4 is 11.4 Å². The molecule has 4 aromatic rings. The van der Waals surface area contributed by atoms with Crippen molar-refractivity contribution in [1.82, 2.24) is 0 Å². The van der Waals surface area contributed by atoms with Crippen LogP contribution in [0.15, 0.2) is 93.1 Å².